The number of hydrogen-bond acceptors (Lipinski definition) is 6. The molecule has 0 radical (unpaired) electrons. The summed E-state index contributed by atoms with van der Waals surface area (Å²) in [6.07, 6.45) is 3.97. The third-order valence-corrected chi connectivity index (χ3v) is 3.50. The van der Waals surface area contributed by atoms with Crippen LogP contribution in [0.5, 0.6) is 0 Å². The number of carbonyl (C=O) groups excluding carboxylic acids is 1. The molecule has 116 valence electrons. The molecular formula is C14H23N5O2. The number of nitrogens with one attached hydrogen (secondary N) is 1. The van der Waals surface area contributed by atoms with E-state index in [9.17, 15) is 4.79 Å². The Morgan fingerprint density at radius 2 is 1.95 bits per heavy atom. The standard InChI is InChI=1S/C14H23N5O2/c1-18-5-7-19(8-6-18)14-16-10-12(11-17-14)13(20)15-4-3-9-21-2/h10-11H,3-9H2,1-2H3,(H,15,20). The van der Waals surface area contributed by atoms with Crippen LogP contribution in [-0.4, -0.2) is 74.3 Å². The van der Waals surface area contributed by atoms with Crippen LogP contribution in [-0.2, 0) is 4.74 Å². The molecule has 0 bridgehead atoms. The zero-order valence-electron chi connectivity index (χ0n) is 12.7. The molecule has 0 atom stereocenters. The monoisotopic (exact) mass is 293 g/mol. The van der Waals surface area contributed by atoms with E-state index in [1.807, 2.05) is 0 Å². The average molecular weight is 293 g/mol. The summed E-state index contributed by atoms with van der Waals surface area (Å²) in [4.78, 5) is 24.9. The van der Waals surface area contributed by atoms with Crippen molar-refractivity contribution in [3.63, 3.8) is 0 Å². The second-order valence-electron chi connectivity index (χ2n) is 5.16. The third-order valence-electron chi connectivity index (χ3n) is 3.50. The number of methoxy groups -OCH3 is 1. The molecule has 1 aromatic heterocycles. The second kappa shape index (κ2) is 7.90. The van der Waals surface area contributed by atoms with Gasteiger partial charge in [-0.15, -0.1) is 0 Å². The first-order chi connectivity index (χ1) is 10.2. The molecule has 0 aliphatic carbocycles. The Hall–Kier alpha value is -1.73. The van der Waals surface area contributed by atoms with E-state index in [0.29, 0.717) is 24.7 Å². The number of carbonyl (C=O) groups is 1. The van der Waals surface area contributed by atoms with Gasteiger partial charge in [0.15, 0.2) is 0 Å². The molecule has 2 rings (SSSR count). The molecule has 7 heteroatoms. The highest BCUT2D eigenvalue weighted by atomic mass is 16.5. The topological polar surface area (TPSA) is 70.6 Å². The fraction of sp³-hybridized carbons (Fsp3) is 0.643. The van der Waals surface area contributed by atoms with Crippen molar-refractivity contribution >= 4 is 11.9 Å². The van der Waals surface area contributed by atoms with Crippen molar-refractivity contribution in [3.8, 4) is 0 Å². The summed E-state index contributed by atoms with van der Waals surface area (Å²) in [6.45, 7) is 5.07. The number of amides is 1. The Morgan fingerprint density at radius 1 is 1.29 bits per heavy atom. The average Bonchev–Trinajstić information content (AvgIpc) is 2.52. The predicted molar refractivity (Wildman–Crippen MR) is 80.6 cm³/mol. The molecule has 1 fully saturated rings. The maximum atomic E-state index is 11.9. The Bertz CT molecular complexity index is 443. The number of hydrogen-bond donors (Lipinski definition) is 1. The lowest BCUT2D eigenvalue weighted by atomic mass is 10.3. The van der Waals surface area contributed by atoms with Crippen molar-refractivity contribution < 1.29 is 9.53 Å². The lowest BCUT2D eigenvalue weighted by Crippen LogP contribution is -2.45. The van der Waals surface area contributed by atoms with Gasteiger partial charge in [0, 0.05) is 58.8 Å². The van der Waals surface area contributed by atoms with E-state index in [2.05, 4.69) is 32.1 Å². The van der Waals surface area contributed by atoms with Crippen molar-refractivity contribution in [2.45, 2.75) is 6.42 Å². The SMILES string of the molecule is COCCCNC(=O)c1cnc(N2CCN(C)CC2)nc1. The summed E-state index contributed by atoms with van der Waals surface area (Å²) in [7, 11) is 3.75. The Morgan fingerprint density at radius 3 is 2.57 bits per heavy atom. The van der Waals surface area contributed by atoms with Gasteiger partial charge < -0.3 is 19.9 Å². The van der Waals surface area contributed by atoms with Crippen LogP contribution in [0.4, 0.5) is 5.95 Å². The molecule has 1 aromatic rings. The number of piperazine rings is 1. The quantitative estimate of drug-likeness (QED) is 0.744. The number of anilines is 1. The molecule has 1 amide bonds. The molecule has 1 aliphatic heterocycles. The summed E-state index contributed by atoms with van der Waals surface area (Å²) < 4.78 is 4.93. The smallest absolute Gasteiger partial charge is 0.254 e. The molecule has 0 spiro atoms. The second-order valence-corrected chi connectivity index (χ2v) is 5.16. The van der Waals surface area contributed by atoms with Crippen LogP contribution in [0.15, 0.2) is 12.4 Å². The lowest BCUT2D eigenvalue weighted by Gasteiger charge is -2.32. The van der Waals surface area contributed by atoms with E-state index < -0.39 is 0 Å². The highest BCUT2D eigenvalue weighted by Gasteiger charge is 2.16. The van der Waals surface area contributed by atoms with Gasteiger partial charge in [-0.1, -0.05) is 0 Å². The van der Waals surface area contributed by atoms with E-state index in [4.69, 9.17) is 4.74 Å². The Kier molecular flexibility index (Phi) is 5.89. The van der Waals surface area contributed by atoms with Gasteiger partial charge in [0.2, 0.25) is 5.95 Å². The van der Waals surface area contributed by atoms with Gasteiger partial charge in [0.1, 0.15) is 0 Å². The first kappa shape index (κ1) is 15.7. The number of nitrogens with zero attached hydrogens (tertiary/aromatic N) is 4. The van der Waals surface area contributed by atoms with Gasteiger partial charge in [-0.3, -0.25) is 4.79 Å². The molecular weight excluding hydrogens is 270 g/mol. The van der Waals surface area contributed by atoms with Crippen LogP contribution in [0.1, 0.15) is 16.8 Å². The molecule has 1 aliphatic rings. The zero-order valence-corrected chi connectivity index (χ0v) is 12.7. The number of rotatable bonds is 6. The van der Waals surface area contributed by atoms with E-state index in [1.165, 1.54) is 0 Å². The van der Waals surface area contributed by atoms with E-state index in [0.717, 1.165) is 32.6 Å². The third kappa shape index (κ3) is 4.64. The van der Waals surface area contributed by atoms with Crippen molar-refractivity contribution in [1.82, 2.24) is 20.2 Å². The molecule has 1 saturated heterocycles. The summed E-state index contributed by atoms with van der Waals surface area (Å²) >= 11 is 0. The van der Waals surface area contributed by atoms with E-state index in [1.54, 1.807) is 19.5 Å². The van der Waals surface area contributed by atoms with Gasteiger partial charge in [-0.05, 0) is 13.5 Å². The fourth-order valence-electron chi connectivity index (χ4n) is 2.13. The summed E-state index contributed by atoms with van der Waals surface area (Å²) in [6, 6.07) is 0. The van der Waals surface area contributed by atoms with Crippen molar-refractivity contribution in [1.29, 1.82) is 0 Å². The molecule has 0 aromatic carbocycles. The van der Waals surface area contributed by atoms with Crippen LogP contribution in [0, 0.1) is 0 Å². The Labute approximate surface area is 125 Å². The van der Waals surface area contributed by atoms with Gasteiger partial charge in [-0.25, -0.2) is 9.97 Å². The molecule has 0 saturated carbocycles. The molecule has 21 heavy (non-hydrogen) atoms. The summed E-state index contributed by atoms with van der Waals surface area (Å²) in [5.41, 5.74) is 0.491. The maximum absolute atomic E-state index is 11.9. The highest BCUT2D eigenvalue weighted by Crippen LogP contribution is 2.10. The van der Waals surface area contributed by atoms with Crippen LogP contribution in [0.3, 0.4) is 0 Å². The van der Waals surface area contributed by atoms with Crippen molar-refractivity contribution in [3.05, 3.63) is 18.0 Å². The van der Waals surface area contributed by atoms with E-state index >= 15 is 0 Å². The predicted octanol–water partition coefficient (Wildman–Crippen LogP) is -0.00530. The van der Waals surface area contributed by atoms with Crippen LogP contribution in [0.25, 0.3) is 0 Å². The van der Waals surface area contributed by atoms with Crippen LogP contribution >= 0.6 is 0 Å². The maximum Gasteiger partial charge on any atom is 0.254 e. The van der Waals surface area contributed by atoms with Crippen molar-refractivity contribution in [2.75, 3.05) is 58.4 Å². The van der Waals surface area contributed by atoms with Gasteiger partial charge in [0.05, 0.1) is 5.56 Å². The molecule has 1 N–H and O–H groups in total. The van der Waals surface area contributed by atoms with E-state index in [-0.39, 0.29) is 5.91 Å². The first-order valence-electron chi connectivity index (χ1n) is 7.23. The zero-order chi connectivity index (χ0) is 15.1. The van der Waals surface area contributed by atoms with Crippen LogP contribution in [0.2, 0.25) is 0 Å². The van der Waals surface area contributed by atoms with Crippen LogP contribution < -0.4 is 10.2 Å². The minimum atomic E-state index is -0.143. The number of ether oxygens (including phenoxy) is 1. The number of aromatic nitrogens is 2. The minimum absolute atomic E-state index is 0.143. The van der Waals surface area contributed by atoms with Crippen molar-refractivity contribution in [2.24, 2.45) is 0 Å². The van der Waals surface area contributed by atoms with Gasteiger partial charge >= 0.3 is 0 Å². The van der Waals surface area contributed by atoms with Gasteiger partial charge in [0.25, 0.3) is 5.91 Å². The molecule has 0 unspecified atom stereocenters. The normalized spacial score (nSPS) is 16.0. The number of likely N-dealkylation sites (N-methyl/N-ethyl adjacent to an activating group) is 1. The van der Waals surface area contributed by atoms with Gasteiger partial charge in [-0.2, -0.15) is 0 Å². The molecule has 2 heterocycles. The lowest BCUT2D eigenvalue weighted by molar-refractivity contribution is 0.0948. The first-order valence-corrected chi connectivity index (χ1v) is 7.23. The highest BCUT2D eigenvalue weighted by molar-refractivity contribution is 5.93. The summed E-state index contributed by atoms with van der Waals surface area (Å²) in [5.74, 6) is 0.551. The fourth-order valence-corrected chi connectivity index (χ4v) is 2.13. The largest absolute Gasteiger partial charge is 0.385 e. The molecule has 7 nitrogen and oxygen atoms in total. The summed E-state index contributed by atoms with van der Waals surface area (Å²) in [5, 5.41) is 2.82. The minimum Gasteiger partial charge on any atom is -0.385 e. The Balaban J connectivity index is 1.85.